The number of anilines is 2. The number of morpholine rings is 1. The summed E-state index contributed by atoms with van der Waals surface area (Å²) in [4.78, 5) is 11.0. The first-order valence-electron chi connectivity index (χ1n) is 9.69. The van der Waals surface area contributed by atoms with E-state index in [9.17, 15) is 0 Å². The van der Waals surface area contributed by atoms with Crippen LogP contribution in [-0.4, -0.2) is 46.6 Å². The summed E-state index contributed by atoms with van der Waals surface area (Å²) in [6.07, 6.45) is 5.02. The smallest absolute Gasteiger partial charge is 0.164 e. The largest absolute Gasteiger partial charge is 0.384 e. The number of nitrogens with two attached hydrogens (primary N) is 1. The van der Waals surface area contributed by atoms with Crippen molar-refractivity contribution in [1.29, 1.82) is 5.41 Å². The van der Waals surface area contributed by atoms with Crippen LogP contribution in [0.3, 0.4) is 0 Å². The molecule has 2 aromatic heterocycles. The molecule has 0 bridgehead atoms. The quantitative estimate of drug-likeness (QED) is 0.677. The molecule has 2 aliphatic rings. The highest BCUT2D eigenvalue weighted by Gasteiger charge is 2.17. The fraction of sp³-hybridized carbons (Fsp3) is 0.381. The van der Waals surface area contributed by atoms with Gasteiger partial charge in [0.15, 0.2) is 5.65 Å². The highest BCUT2D eigenvalue weighted by atomic mass is 16.5. The molecule has 1 fully saturated rings. The summed E-state index contributed by atoms with van der Waals surface area (Å²) in [6, 6.07) is 10.1. The molecular formula is C21H28N6O. The van der Waals surface area contributed by atoms with E-state index in [0.717, 1.165) is 68.1 Å². The van der Waals surface area contributed by atoms with Crippen molar-refractivity contribution in [2.75, 3.05) is 36.9 Å². The van der Waals surface area contributed by atoms with Crippen molar-refractivity contribution in [1.82, 2.24) is 14.5 Å². The van der Waals surface area contributed by atoms with Crippen LogP contribution in [0.2, 0.25) is 0 Å². The third-order valence-corrected chi connectivity index (χ3v) is 5.24. The molecule has 3 heterocycles. The van der Waals surface area contributed by atoms with Crippen molar-refractivity contribution in [3.05, 3.63) is 47.8 Å². The number of nitrogens with zero attached hydrogens (tertiary/aromatic N) is 4. The lowest BCUT2D eigenvalue weighted by Crippen LogP contribution is -2.36. The van der Waals surface area contributed by atoms with Gasteiger partial charge in [0.2, 0.25) is 0 Å². The van der Waals surface area contributed by atoms with E-state index in [2.05, 4.69) is 33.1 Å². The maximum absolute atomic E-state index is 7.67. The zero-order valence-corrected chi connectivity index (χ0v) is 16.2. The van der Waals surface area contributed by atoms with Crippen molar-refractivity contribution in [2.45, 2.75) is 19.3 Å². The Morgan fingerprint density at radius 3 is 2.75 bits per heavy atom. The number of ether oxygens (including phenoxy) is 1. The van der Waals surface area contributed by atoms with Crippen LogP contribution in [0, 0.1) is 5.41 Å². The van der Waals surface area contributed by atoms with Gasteiger partial charge in [0, 0.05) is 33.3 Å². The van der Waals surface area contributed by atoms with Crippen molar-refractivity contribution >= 4 is 28.4 Å². The number of fused-ring (bicyclic) bond motifs is 2. The van der Waals surface area contributed by atoms with Crippen molar-refractivity contribution in [2.24, 2.45) is 7.05 Å². The van der Waals surface area contributed by atoms with E-state index in [-0.39, 0.29) is 1.43 Å². The van der Waals surface area contributed by atoms with E-state index in [0.29, 0.717) is 5.82 Å². The lowest BCUT2D eigenvalue weighted by Gasteiger charge is -2.29. The Labute approximate surface area is 166 Å². The number of benzene rings is 1. The molecule has 0 amide bonds. The molecule has 1 aromatic carbocycles. The van der Waals surface area contributed by atoms with Gasteiger partial charge in [-0.05, 0) is 30.4 Å². The van der Waals surface area contributed by atoms with Crippen molar-refractivity contribution < 1.29 is 6.16 Å². The highest BCUT2D eigenvalue weighted by molar-refractivity contribution is 6.00. The van der Waals surface area contributed by atoms with Gasteiger partial charge in [-0.25, -0.2) is 9.97 Å². The first-order chi connectivity index (χ1) is 13.6. The van der Waals surface area contributed by atoms with Crippen LogP contribution in [0.4, 0.5) is 11.5 Å². The monoisotopic (exact) mass is 380 g/mol. The molecule has 7 nitrogen and oxygen atoms in total. The molecule has 0 unspecified atom stereocenters. The van der Waals surface area contributed by atoms with Gasteiger partial charge < -0.3 is 25.3 Å². The SMILES string of the molecule is Cn1cnc2c(N3CCOCC3)cc(N)nc21.N=C1CCCc2ccccc21.[HH]. The Balaban J connectivity index is 0.000000174. The van der Waals surface area contributed by atoms with Gasteiger partial charge >= 0.3 is 0 Å². The van der Waals surface area contributed by atoms with Gasteiger partial charge in [0.25, 0.3) is 0 Å². The predicted molar refractivity (Wildman–Crippen MR) is 114 cm³/mol. The summed E-state index contributed by atoms with van der Waals surface area (Å²) in [5, 5.41) is 7.67. The predicted octanol–water partition coefficient (Wildman–Crippen LogP) is 3.02. The maximum Gasteiger partial charge on any atom is 0.164 e. The zero-order chi connectivity index (χ0) is 19.5. The van der Waals surface area contributed by atoms with Crippen LogP contribution < -0.4 is 10.6 Å². The Morgan fingerprint density at radius 2 is 1.96 bits per heavy atom. The number of rotatable bonds is 1. The summed E-state index contributed by atoms with van der Waals surface area (Å²) >= 11 is 0. The molecule has 0 saturated carbocycles. The van der Waals surface area contributed by atoms with Crippen LogP contribution in [-0.2, 0) is 18.2 Å². The third kappa shape index (κ3) is 3.71. The number of nitrogen functional groups attached to an aromatic ring is 1. The second kappa shape index (κ2) is 7.98. The Kier molecular flexibility index (Phi) is 5.25. The molecule has 148 valence electrons. The normalized spacial score (nSPS) is 16.5. The maximum atomic E-state index is 7.67. The Morgan fingerprint density at radius 1 is 1.18 bits per heavy atom. The molecule has 0 radical (unpaired) electrons. The number of nitrogens with one attached hydrogen (secondary N) is 1. The highest BCUT2D eigenvalue weighted by Crippen LogP contribution is 2.26. The van der Waals surface area contributed by atoms with E-state index in [1.165, 1.54) is 11.1 Å². The fourth-order valence-electron chi connectivity index (χ4n) is 3.77. The minimum atomic E-state index is 0. The minimum Gasteiger partial charge on any atom is -0.384 e. The first kappa shape index (κ1) is 18.4. The summed E-state index contributed by atoms with van der Waals surface area (Å²) in [5.74, 6) is 0.530. The number of hydrogen-bond donors (Lipinski definition) is 2. The molecule has 0 spiro atoms. The van der Waals surface area contributed by atoms with E-state index in [4.69, 9.17) is 15.9 Å². The van der Waals surface area contributed by atoms with Crippen LogP contribution in [0.1, 0.15) is 25.4 Å². The molecule has 3 aromatic rings. The molecule has 1 aliphatic carbocycles. The van der Waals surface area contributed by atoms with Gasteiger partial charge in [-0.3, -0.25) is 0 Å². The second-order valence-electron chi connectivity index (χ2n) is 7.18. The number of imidazole rings is 1. The van der Waals surface area contributed by atoms with Gasteiger partial charge in [0.1, 0.15) is 11.3 Å². The summed E-state index contributed by atoms with van der Waals surface area (Å²) in [5.41, 5.74) is 12.0. The van der Waals surface area contributed by atoms with Gasteiger partial charge in [-0.1, -0.05) is 24.3 Å². The van der Waals surface area contributed by atoms with Gasteiger partial charge in [-0.2, -0.15) is 0 Å². The minimum absolute atomic E-state index is 0. The third-order valence-electron chi connectivity index (χ3n) is 5.24. The van der Waals surface area contributed by atoms with Crippen LogP contribution in [0.25, 0.3) is 11.2 Å². The summed E-state index contributed by atoms with van der Waals surface area (Å²) < 4.78 is 7.24. The lowest BCUT2D eigenvalue weighted by molar-refractivity contribution is 0.123. The standard InChI is InChI=1S/C11H15N5O.C10H11N.H2/c1-15-7-13-10-8(6-9(12)14-11(10)15)16-2-4-17-5-3-16;11-10-7-3-5-8-4-1-2-6-9(8)10;/h6-7H,2-5H2,1H3,(H2,12,14);1-2,4,6,11H,3,5,7H2;1H. The lowest BCUT2D eigenvalue weighted by atomic mass is 9.90. The number of aromatic nitrogens is 3. The van der Waals surface area contributed by atoms with Crippen molar-refractivity contribution in [3.8, 4) is 0 Å². The molecule has 1 saturated heterocycles. The molecule has 0 atom stereocenters. The molecule has 7 heteroatoms. The summed E-state index contributed by atoms with van der Waals surface area (Å²) in [7, 11) is 1.92. The van der Waals surface area contributed by atoms with E-state index >= 15 is 0 Å². The summed E-state index contributed by atoms with van der Waals surface area (Å²) in [6.45, 7) is 3.23. The Bertz CT molecular complexity index is 996. The number of hydrogen-bond acceptors (Lipinski definition) is 6. The van der Waals surface area contributed by atoms with E-state index < -0.39 is 0 Å². The molecule has 1 aliphatic heterocycles. The molecule has 5 rings (SSSR count). The molecule has 3 N–H and O–H groups in total. The average molecular weight is 380 g/mol. The van der Waals surface area contributed by atoms with Crippen LogP contribution >= 0.6 is 0 Å². The number of pyridine rings is 1. The van der Waals surface area contributed by atoms with Crippen LogP contribution in [0.5, 0.6) is 0 Å². The topological polar surface area (TPSA) is 93.1 Å². The average Bonchev–Trinajstić information content (AvgIpc) is 3.10. The zero-order valence-electron chi connectivity index (χ0n) is 16.2. The molecular weight excluding hydrogens is 352 g/mol. The second-order valence-corrected chi connectivity index (χ2v) is 7.18. The first-order valence-corrected chi connectivity index (χ1v) is 9.69. The van der Waals surface area contributed by atoms with Crippen molar-refractivity contribution in [3.63, 3.8) is 0 Å². The van der Waals surface area contributed by atoms with Crippen LogP contribution in [0.15, 0.2) is 36.7 Å². The van der Waals surface area contributed by atoms with E-state index in [1.54, 1.807) is 6.33 Å². The number of aryl methyl sites for hydroxylation is 2. The fourth-order valence-corrected chi connectivity index (χ4v) is 3.77. The van der Waals surface area contributed by atoms with Gasteiger partial charge in [0.05, 0.1) is 25.2 Å². The molecule has 28 heavy (non-hydrogen) atoms. The Hall–Kier alpha value is -2.93. The van der Waals surface area contributed by atoms with E-state index in [1.807, 2.05) is 23.7 Å². The van der Waals surface area contributed by atoms with Gasteiger partial charge in [-0.15, -0.1) is 0 Å².